The Bertz CT molecular complexity index is 1010. The number of rotatable bonds is 7. The maximum absolute atomic E-state index is 12.5. The summed E-state index contributed by atoms with van der Waals surface area (Å²) < 4.78 is 0. The smallest absolute Gasteiger partial charge is 0.353 e. The molecule has 178 valence electrons. The summed E-state index contributed by atoms with van der Waals surface area (Å²) in [6, 6.07) is -0.152. The molecule has 0 spiro atoms. The molecule has 0 aromatic carbocycles. The van der Waals surface area contributed by atoms with Gasteiger partial charge in [-0.25, -0.2) is 9.78 Å². The summed E-state index contributed by atoms with van der Waals surface area (Å²) in [5, 5.41) is 28.7. The summed E-state index contributed by atoms with van der Waals surface area (Å²) >= 11 is 2.93. The lowest BCUT2D eigenvalue weighted by Gasteiger charge is -2.46. The maximum atomic E-state index is 12.5. The highest BCUT2D eigenvalue weighted by Gasteiger charge is 2.60. The molecule has 4 aliphatic rings. The number of anilines is 1. The minimum atomic E-state index is -1.10. The molecule has 0 bridgehead atoms. The van der Waals surface area contributed by atoms with Crippen molar-refractivity contribution in [1.29, 1.82) is 0 Å². The van der Waals surface area contributed by atoms with E-state index >= 15 is 0 Å². The van der Waals surface area contributed by atoms with Crippen LogP contribution < -0.4 is 15.5 Å². The fourth-order valence-corrected chi connectivity index (χ4v) is 7.42. The number of carboxylic acid groups (broad SMARTS) is 1. The predicted octanol–water partition coefficient (Wildman–Crippen LogP) is 0.310. The van der Waals surface area contributed by atoms with Gasteiger partial charge in [0.15, 0.2) is 5.13 Å². The van der Waals surface area contributed by atoms with Gasteiger partial charge in [-0.3, -0.25) is 9.59 Å². The predicted molar refractivity (Wildman–Crippen MR) is 124 cm³/mol. The molecular formula is C21H27N5O5S2. The highest BCUT2D eigenvalue weighted by atomic mass is 32.2. The van der Waals surface area contributed by atoms with Crippen LogP contribution in [0.4, 0.5) is 5.13 Å². The molecule has 0 aliphatic carbocycles. The third-order valence-corrected chi connectivity index (χ3v) is 9.20. The van der Waals surface area contributed by atoms with E-state index in [1.807, 2.05) is 6.92 Å². The Morgan fingerprint density at radius 1 is 1.39 bits per heavy atom. The number of thioether (sulfide) groups is 1. The Morgan fingerprint density at radius 3 is 2.79 bits per heavy atom. The first-order chi connectivity index (χ1) is 15.8. The number of nitrogens with zero attached hydrogens (tertiary/aromatic N) is 3. The molecule has 10 nitrogen and oxygen atoms in total. The van der Waals surface area contributed by atoms with Gasteiger partial charge < -0.3 is 30.6 Å². The zero-order chi connectivity index (χ0) is 23.4. The number of aliphatic hydroxyl groups is 1. The van der Waals surface area contributed by atoms with Crippen LogP contribution in [0.25, 0.3) is 0 Å². The van der Waals surface area contributed by atoms with E-state index in [1.54, 1.807) is 12.3 Å². The van der Waals surface area contributed by atoms with Crippen LogP contribution in [0.15, 0.2) is 16.0 Å². The summed E-state index contributed by atoms with van der Waals surface area (Å²) in [4.78, 5) is 45.5. The Labute approximate surface area is 199 Å². The second kappa shape index (κ2) is 8.57. The number of aliphatic carboxylic acids is 1. The lowest BCUT2D eigenvalue weighted by molar-refractivity contribution is -0.163. The molecule has 0 saturated carbocycles. The molecule has 3 saturated heterocycles. The van der Waals surface area contributed by atoms with E-state index in [1.165, 1.54) is 28.0 Å². The van der Waals surface area contributed by atoms with Gasteiger partial charge in [0.1, 0.15) is 11.4 Å². The Morgan fingerprint density at radius 2 is 2.15 bits per heavy atom. The number of aliphatic hydroxyl groups excluding tert-OH is 1. The molecule has 33 heavy (non-hydrogen) atoms. The molecule has 5 atom stereocenters. The van der Waals surface area contributed by atoms with Gasteiger partial charge in [-0.1, -0.05) is 6.92 Å². The molecule has 5 heterocycles. The van der Waals surface area contributed by atoms with Gasteiger partial charge >= 0.3 is 5.97 Å². The lowest BCUT2D eigenvalue weighted by Crippen LogP contribution is -2.63. The molecule has 0 radical (unpaired) electrons. The fourth-order valence-electron chi connectivity index (χ4n) is 5.08. The molecule has 2 amide bonds. The number of fused-ring (bicyclic) bond motifs is 1. The van der Waals surface area contributed by atoms with E-state index in [4.69, 9.17) is 0 Å². The van der Waals surface area contributed by atoms with Crippen molar-refractivity contribution in [3.63, 3.8) is 0 Å². The molecule has 1 aromatic heterocycles. The first-order valence-corrected chi connectivity index (χ1v) is 12.9. The van der Waals surface area contributed by atoms with Gasteiger partial charge in [0.25, 0.3) is 5.91 Å². The third kappa shape index (κ3) is 3.82. The molecule has 4 N–H and O–H groups in total. The molecular weight excluding hydrogens is 466 g/mol. The number of carbonyl (C=O) groups excluding carboxylic acids is 2. The SMILES string of the molecule is C[C@@H](O)C1C(=O)N2C(C(=O)O)=C(SC3CN(c4nc(C(=O)NC5CCNC5)cs4)C3)[C@H](C)C12. The largest absolute Gasteiger partial charge is 0.477 e. The van der Waals surface area contributed by atoms with Crippen molar-refractivity contribution in [3.8, 4) is 0 Å². The van der Waals surface area contributed by atoms with Crippen molar-refractivity contribution >= 4 is 46.0 Å². The Balaban J connectivity index is 1.21. The zero-order valence-electron chi connectivity index (χ0n) is 18.4. The van der Waals surface area contributed by atoms with Crippen LogP contribution in [0.3, 0.4) is 0 Å². The van der Waals surface area contributed by atoms with Gasteiger partial charge in [-0.2, -0.15) is 0 Å². The van der Waals surface area contributed by atoms with Gasteiger partial charge in [-0.05, 0) is 19.9 Å². The Hall–Kier alpha value is -2.15. The van der Waals surface area contributed by atoms with Crippen LogP contribution in [0.2, 0.25) is 0 Å². The number of β-lactam (4-membered cyclic amide) rings is 1. The summed E-state index contributed by atoms with van der Waals surface area (Å²) in [6.45, 7) is 6.57. The van der Waals surface area contributed by atoms with E-state index in [-0.39, 0.29) is 40.8 Å². The van der Waals surface area contributed by atoms with Crippen LogP contribution >= 0.6 is 23.1 Å². The highest BCUT2D eigenvalue weighted by molar-refractivity contribution is 8.03. The van der Waals surface area contributed by atoms with Crippen LogP contribution in [-0.4, -0.2) is 87.5 Å². The van der Waals surface area contributed by atoms with E-state index in [0.717, 1.165) is 24.6 Å². The number of carboxylic acids is 1. The van der Waals surface area contributed by atoms with Gasteiger partial charge in [0.05, 0.1) is 18.1 Å². The third-order valence-electron chi connectivity index (χ3n) is 6.84. The quantitative estimate of drug-likeness (QED) is 0.396. The van der Waals surface area contributed by atoms with Gasteiger partial charge in [0.2, 0.25) is 5.91 Å². The summed E-state index contributed by atoms with van der Waals surface area (Å²) in [6.07, 6.45) is 0.114. The number of aromatic nitrogens is 1. The summed E-state index contributed by atoms with van der Waals surface area (Å²) in [5.41, 5.74) is 0.484. The normalized spacial score (nSPS) is 30.2. The number of amides is 2. The second-order valence-corrected chi connectivity index (χ2v) is 11.3. The minimum Gasteiger partial charge on any atom is -0.477 e. The monoisotopic (exact) mass is 493 g/mol. The number of carbonyl (C=O) groups is 3. The van der Waals surface area contributed by atoms with Crippen molar-refractivity contribution < 1.29 is 24.6 Å². The average Bonchev–Trinajstić information content (AvgIpc) is 3.44. The van der Waals surface area contributed by atoms with Crippen LogP contribution in [-0.2, 0) is 9.59 Å². The fraction of sp³-hybridized carbons (Fsp3) is 0.619. The van der Waals surface area contributed by atoms with Gasteiger partial charge in [0, 0.05) is 47.1 Å². The molecule has 5 rings (SSSR count). The molecule has 12 heteroatoms. The first-order valence-electron chi connectivity index (χ1n) is 11.1. The lowest BCUT2D eigenvalue weighted by atomic mass is 9.79. The number of hydrogen-bond donors (Lipinski definition) is 4. The summed E-state index contributed by atoms with van der Waals surface area (Å²) in [5.74, 6) is -2.26. The van der Waals surface area contributed by atoms with E-state index in [0.29, 0.717) is 23.7 Å². The first kappa shape index (κ1) is 22.6. The van der Waals surface area contributed by atoms with Crippen molar-refractivity contribution in [3.05, 3.63) is 21.7 Å². The maximum Gasteiger partial charge on any atom is 0.353 e. The second-order valence-electron chi connectivity index (χ2n) is 9.10. The zero-order valence-corrected chi connectivity index (χ0v) is 20.0. The number of nitrogens with one attached hydrogen (secondary N) is 2. The molecule has 1 aromatic rings. The van der Waals surface area contributed by atoms with Crippen LogP contribution in [0.5, 0.6) is 0 Å². The molecule has 4 aliphatic heterocycles. The van der Waals surface area contributed by atoms with Crippen molar-refractivity contribution in [2.45, 2.75) is 43.7 Å². The number of hydrogen-bond acceptors (Lipinski definition) is 9. The van der Waals surface area contributed by atoms with Crippen molar-refractivity contribution in [2.24, 2.45) is 11.8 Å². The minimum absolute atomic E-state index is 0.0625. The van der Waals surface area contributed by atoms with Crippen LogP contribution in [0, 0.1) is 11.8 Å². The van der Waals surface area contributed by atoms with E-state index in [9.17, 15) is 24.6 Å². The standard InChI is InChI=1S/C21H27N5O5S2/c1-9-15-14(10(2)27)19(29)26(15)16(20(30)31)17(9)33-12-6-25(7-12)21-24-13(8-32-21)18(28)23-11-3-4-22-5-11/h8-12,14-15,22,27H,3-7H2,1-2H3,(H,23,28)(H,30,31)/t9-,10-,11?,14?,15?/m1/s1. The average molecular weight is 494 g/mol. The van der Waals surface area contributed by atoms with Crippen molar-refractivity contribution in [2.75, 3.05) is 31.1 Å². The topological polar surface area (TPSA) is 135 Å². The number of thiazole rings is 1. The van der Waals surface area contributed by atoms with E-state index in [2.05, 4.69) is 20.5 Å². The van der Waals surface area contributed by atoms with E-state index < -0.39 is 18.0 Å². The molecule has 3 unspecified atom stereocenters. The summed E-state index contributed by atoms with van der Waals surface area (Å²) in [7, 11) is 0. The van der Waals surface area contributed by atoms with Crippen molar-refractivity contribution in [1.82, 2.24) is 20.5 Å². The molecule has 3 fully saturated rings. The Kier molecular flexibility index (Phi) is 5.88. The van der Waals surface area contributed by atoms with Gasteiger partial charge in [-0.15, -0.1) is 23.1 Å². The van der Waals surface area contributed by atoms with Crippen LogP contribution in [0.1, 0.15) is 30.8 Å². The highest BCUT2D eigenvalue weighted by Crippen LogP contribution is 2.52.